The first kappa shape index (κ1) is 12.1. The quantitative estimate of drug-likeness (QED) is 0.325. The summed E-state index contributed by atoms with van der Waals surface area (Å²) in [5.74, 6) is 0. The highest BCUT2D eigenvalue weighted by atomic mass is 14.7. The van der Waals surface area contributed by atoms with Gasteiger partial charge in [0, 0.05) is 16.2 Å². The number of fused-ring (bicyclic) bond motifs is 4. The Bertz CT molecular complexity index is 996. The number of rotatable bonds is 1. The smallest absolute Gasteiger partial charge is 0.0794 e. The van der Waals surface area contributed by atoms with Gasteiger partial charge in [-0.15, -0.1) is 0 Å². The van der Waals surface area contributed by atoms with Crippen molar-refractivity contribution < 1.29 is 0 Å². The molecular formula is C20H15N. The van der Waals surface area contributed by atoms with Gasteiger partial charge in [0.1, 0.15) is 0 Å². The molecule has 0 N–H and O–H groups in total. The fourth-order valence-corrected chi connectivity index (χ4v) is 3.00. The zero-order chi connectivity index (χ0) is 14.2. The van der Waals surface area contributed by atoms with Crippen LogP contribution in [0.5, 0.6) is 0 Å². The molecule has 1 nitrogen and oxygen atoms in total. The molecule has 0 unspecified atom stereocenters. The fourth-order valence-electron chi connectivity index (χ4n) is 3.00. The lowest BCUT2D eigenvalue weighted by atomic mass is 9.98. The number of hydrogen-bond donors (Lipinski definition) is 0. The summed E-state index contributed by atoms with van der Waals surface area (Å²) in [6.07, 6.45) is 4.28. The number of para-hydroxylation sites is 1. The van der Waals surface area contributed by atoms with Crippen LogP contribution in [0.4, 0.5) is 0 Å². The molecule has 0 radical (unpaired) electrons. The number of nitrogens with zero attached hydrogens (tertiary/aromatic N) is 1. The normalized spacial score (nSPS) is 11.9. The van der Waals surface area contributed by atoms with Crippen LogP contribution in [-0.4, -0.2) is 4.98 Å². The molecule has 0 bridgehead atoms. The van der Waals surface area contributed by atoms with Crippen LogP contribution in [-0.2, 0) is 0 Å². The second-order valence-electron chi connectivity index (χ2n) is 5.23. The summed E-state index contributed by atoms with van der Waals surface area (Å²) < 4.78 is 0. The molecule has 0 aliphatic heterocycles. The second kappa shape index (κ2) is 4.71. The zero-order valence-corrected chi connectivity index (χ0v) is 11.9. The maximum atomic E-state index is 4.91. The molecule has 100 valence electrons. The maximum Gasteiger partial charge on any atom is 0.0794 e. The van der Waals surface area contributed by atoms with Gasteiger partial charge < -0.3 is 0 Å². The van der Waals surface area contributed by atoms with E-state index in [1.165, 1.54) is 27.1 Å². The van der Waals surface area contributed by atoms with Gasteiger partial charge >= 0.3 is 0 Å². The SMILES string of the molecule is C/C=C\c1c2ccccc2nc2c1ccc1ccccc12. The third-order valence-corrected chi connectivity index (χ3v) is 3.95. The molecule has 1 heteroatoms. The molecule has 3 aromatic carbocycles. The average molecular weight is 269 g/mol. The number of hydrogen-bond acceptors (Lipinski definition) is 1. The van der Waals surface area contributed by atoms with Crippen LogP contribution in [0.25, 0.3) is 38.7 Å². The predicted molar refractivity (Wildman–Crippen MR) is 91.5 cm³/mol. The molecule has 0 atom stereocenters. The third-order valence-electron chi connectivity index (χ3n) is 3.95. The molecule has 4 rings (SSSR count). The van der Waals surface area contributed by atoms with Crippen LogP contribution >= 0.6 is 0 Å². The van der Waals surface area contributed by atoms with Crippen LogP contribution in [0, 0.1) is 0 Å². The van der Waals surface area contributed by atoms with Crippen molar-refractivity contribution in [1.82, 2.24) is 4.98 Å². The van der Waals surface area contributed by atoms with E-state index in [0.717, 1.165) is 11.0 Å². The van der Waals surface area contributed by atoms with Crippen molar-refractivity contribution in [1.29, 1.82) is 0 Å². The molecule has 0 fully saturated rings. The zero-order valence-electron chi connectivity index (χ0n) is 11.9. The Kier molecular flexibility index (Phi) is 2.71. The number of allylic oxidation sites excluding steroid dienone is 1. The monoisotopic (exact) mass is 269 g/mol. The van der Waals surface area contributed by atoms with Gasteiger partial charge in [-0.1, -0.05) is 66.7 Å². The molecule has 0 amide bonds. The molecule has 0 spiro atoms. The minimum Gasteiger partial charge on any atom is -0.247 e. The van der Waals surface area contributed by atoms with Gasteiger partial charge in [0.25, 0.3) is 0 Å². The summed E-state index contributed by atoms with van der Waals surface area (Å²) in [6.45, 7) is 2.06. The predicted octanol–water partition coefficient (Wildman–Crippen LogP) is 5.57. The molecule has 0 saturated heterocycles. The Labute approximate surface area is 123 Å². The Balaban J connectivity index is 2.30. The van der Waals surface area contributed by atoms with Gasteiger partial charge in [-0.25, -0.2) is 4.98 Å². The van der Waals surface area contributed by atoms with Crippen molar-refractivity contribution in [3.63, 3.8) is 0 Å². The molecular weight excluding hydrogens is 254 g/mol. The van der Waals surface area contributed by atoms with Gasteiger partial charge in [-0.3, -0.25) is 0 Å². The molecule has 21 heavy (non-hydrogen) atoms. The average Bonchev–Trinajstić information content (AvgIpc) is 2.55. The summed E-state index contributed by atoms with van der Waals surface area (Å²) in [4.78, 5) is 4.91. The van der Waals surface area contributed by atoms with Gasteiger partial charge in [-0.05, 0) is 23.9 Å². The number of aromatic nitrogens is 1. The third kappa shape index (κ3) is 1.82. The first-order chi connectivity index (χ1) is 10.4. The second-order valence-corrected chi connectivity index (χ2v) is 5.23. The van der Waals surface area contributed by atoms with Crippen molar-refractivity contribution in [2.24, 2.45) is 0 Å². The van der Waals surface area contributed by atoms with E-state index in [2.05, 4.69) is 73.7 Å². The van der Waals surface area contributed by atoms with E-state index in [4.69, 9.17) is 4.98 Å². The van der Waals surface area contributed by atoms with Gasteiger partial charge in [0.2, 0.25) is 0 Å². The minimum atomic E-state index is 1.05. The van der Waals surface area contributed by atoms with Crippen LogP contribution in [0.15, 0.2) is 66.7 Å². The minimum absolute atomic E-state index is 1.05. The van der Waals surface area contributed by atoms with E-state index in [0.29, 0.717) is 0 Å². The fraction of sp³-hybridized carbons (Fsp3) is 0.0500. The van der Waals surface area contributed by atoms with Crippen LogP contribution in [0.2, 0.25) is 0 Å². The Morgan fingerprint density at radius 3 is 2.38 bits per heavy atom. The van der Waals surface area contributed by atoms with Crippen molar-refractivity contribution in [2.45, 2.75) is 6.92 Å². The van der Waals surface area contributed by atoms with Gasteiger partial charge in [0.05, 0.1) is 11.0 Å². The molecule has 0 aliphatic rings. The van der Waals surface area contributed by atoms with Crippen LogP contribution in [0.1, 0.15) is 12.5 Å². The highest BCUT2D eigenvalue weighted by molar-refractivity contribution is 6.12. The molecule has 0 saturated carbocycles. The largest absolute Gasteiger partial charge is 0.247 e. The lowest BCUT2D eigenvalue weighted by Gasteiger charge is -2.10. The topological polar surface area (TPSA) is 12.9 Å². The van der Waals surface area contributed by atoms with Gasteiger partial charge in [-0.2, -0.15) is 0 Å². The first-order valence-electron chi connectivity index (χ1n) is 7.21. The summed E-state index contributed by atoms with van der Waals surface area (Å²) >= 11 is 0. The highest BCUT2D eigenvalue weighted by Gasteiger charge is 2.09. The van der Waals surface area contributed by atoms with E-state index < -0.39 is 0 Å². The molecule has 1 heterocycles. The van der Waals surface area contributed by atoms with Crippen molar-refractivity contribution >= 4 is 38.7 Å². The highest BCUT2D eigenvalue weighted by Crippen LogP contribution is 2.31. The van der Waals surface area contributed by atoms with E-state index in [1.54, 1.807) is 0 Å². The Hall–Kier alpha value is -2.67. The summed E-state index contributed by atoms with van der Waals surface area (Å²) in [5.41, 5.74) is 3.39. The van der Waals surface area contributed by atoms with E-state index >= 15 is 0 Å². The number of benzene rings is 3. The van der Waals surface area contributed by atoms with E-state index in [1.807, 2.05) is 6.07 Å². The lowest BCUT2D eigenvalue weighted by molar-refractivity contribution is 1.51. The summed E-state index contributed by atoms with van der Waals surface area (Å²) in [5, 5.41) is 4.87. The van der Waals surface area contributed by atoms with Crippen molar-refractivity contribution in [3.8, 4) is 0 Å². The van der Waals surface area contributed by atoms with Crippen LogP contribution < -0.4 is 0 Å². The van der Waals surface area contributed by atoms with Crippen molar-refractivity contribution in [3.05, 3.63) is 72.3 Å². The maximum absolute atomic E-state index is 4.91. The lowest BCUT2D eigenvalue weighted by Crippen LogP contribution is -1.89. The molecule has 4 aromatic rings. The van der Waals surface area contributed by atoms with Crippen molar-refractivity contribution in [2.75, 3.05) is 0 Å². The first-order valence-corrected chi connectivity index (χ1v) is 7.21. The molecule has 0 aliphatic carbocycles. The van der Waals surface area contributed by atoms with E-state index in [9.17, 15) is 0 Å². The summed E-state index contributed by atoms with van der Waals surface area (Å²) in [6, 6.07) is 21.2. The standard InChI is InChI=1S/C20H15N/c1-2-7-16-17-10-5-6-11-19(17)21-20-15-9-4-3-8-14(15)12-13-18(16)20/h2-13H,1H3/b7-2-. The van der Waals surface area contributed by atoms with Gasteiger partial charge in [0.15, 0.2) is 0 Å². The Morgan fingerprint density at radius 1 is 0.762 bits per heavy atom. The number of pyridine rings is 1. The van der Waals surface area contributed by atoms with E-state index in [-0.39, 0.29) is 0 Å². The van der Waals surface area contributed by atoms with Crippen LogP contribution in [0.3, 0.4) is 0 Å². The molecule has 1 aromatic heterocycles. The summed E-state index contributed by atoms with van der Waals surface area (Å²) in [7, 11) is 0. The Morgan fingerprint density at radius 2 is 1.52 bits per heavy atom.